The molecule has 0 spiro atoms. The van der Waals surface area contributed by atoms with Crippen molar-refractivity contribution in [2.24, 2.45) is 0 Å². The number of cyclic esters (lactones) is 1. The molecule has 2 aromatic heterocycles. The van der Waals surface area contributed by atoms with Crippen molar-refractivity contribution in [3.8, 4) is 0 Å². The van der Waals surface area contributed by atoms with Crippen LogP contribution in [0, 0.1) is 0 Å². The molecular formula is C18H13ClN4O4. The quantitative estimate of drug-likeness (QED) is 0.533. The van der Waals surface area contributed by atoms with Gasteiger partial charge >= 0.3 is 5.97 Å². The molecule has 0 fully saturated rings. The van der Waals surface area contributed by atoms with Gasteiger partial charge in [0.1, 0.15) is 18.5 Å². The third kappa shape index (κ3) is 3.34. The molecule has 27 heavy (non-hydrogen) atoms. The van der Waals surface area contributed by atoms with E-state index >= 15 is 0 Å². The van der Waals surface area contributed by atoms with Gasteiger partial charge in [-0.1, -0.05) is 41.9 Å². The number of carbonyl (C=O) groups excluding carboxylic acids is 1. The predicted molar refractivity (Wildman–Crippen MR) is 95.4 cm³/mol. The first kappa shape index (κ1) is 17.0. The van der Waals surface area contributed by atoms with Gasteiger partial charge in [-0.2, -0.15) is 0 Å². The van der Waals surface area contributed by atoms with Crippen molar-refractivity contribution in [3.63, 3.8) is 0 Å². The molecule has 0 bridgehead atoms. The number of allylic oxidation sites excluding steroid dienone is 1. The Balaban J connectivity index is 1.56. The van der Waals surface area contributed by atoms with E-state index in [-0.39, 0.29) is 29.8 Å². The van der Waals surface area contributed by atoms with Crippen molar-refractivity contribution in [2.75, 3.05) is 0 Å². The summed E-state index contributed by atoms with van der Waals surface area (Å²) in [5, 5.41) is 10.2. The van der Waals surface area contributed by atoms with E-state index in [0.29, 0.717) is 11.2 Å². The van der Waals surface area contributed by atoms with Gasteiger partial charge < -0.3 is 19.1 Å². The van der Waals surface area contributed by atoms with Gasteiger partial charge in [-0.05, 0) is 11.6 Å². The Hall–Kier alpha value is -3.39. The normalized spacial score (nSPS) is 15.6. The molecule has 1 aliphatic rings. The Kier molecular flexibility index (Phi) is 4.47. The Morgan fingerprint density at radius 2 is 2.04 bits per heavy atom. The van der Waals surface area contributed by atoms with Crippen molar-refractivity contribution in [3.05, 3.63) is 77.1 Å². The van der Waals surface area contributed by atoms with E-state index in [1.165, 1.54) is 6.33 Å². The van der Waals surface area contributed by atoms with E-state index in [0.717, 1.165) is 5.56 Å². The Morgan fingerprint density at radius 1 is 1.22 bits per heavy atom. The summed E-state index contributed by atoms with van der Waals surface area (Å²) in [6.45, 7) is 0.461. The molecule has 0 atom stereocenters. The molecule has 9 heteroatoms. The highest BCUT2D eigenvalue weighted by molar-refractivity contribution is 6.33. The number of aliphatic hydroxyl groups excluding tert-OH is 1. The minimum absolute atomic E-state index is 0.000863. The van der Waals surface area contributed by atoms with E-state index in [9.17, 15) is 9.90 Å². The van der Waals surface area contributed by atoms with Crippen molar-refractivity contribution in [1.29, 1.82) is 0 Å². The SMILES string of the molecule is O=C1O/C(=C\Cn2cnc3c(Cl)ncnc32)C(OCc2ccccc2)=C1O. The second-order valence-corrected chi connectivity index (χ2v) is 6.00. The number of fused-ring (bicyclic) bond motifs is 1. The number of halogens is 1. The third-order valence-electron chi connectivity index (χ3n) is 3.89. The van der Waals surface area contributed by atoms with Crippen LogP contribution in [0.1, 0.15) is 5.56 Å². The molecule has 1 aromatic carbocycles. The first-order chi connectivity index (χ1) is 13.1. The summed E-state index contributed by atoms with van der Waals surface area (Å²) in [4.78, 5) is 23.9. The summed E-state index contributed by atoms with van der Waals surface area (Å²) in [7, 11) is 0. The number of ether oxygens (including phenoxy) is 2. The standard InChI is InChI=1S/C18H13ClN4O4/c19-16-13-17(21-9-20-16)23(10-22-13)7-6-12-15(14(24)18(25)27-12)26-8-11-4-2-1-3-5-11/h1-6,9-10,24H,7-8H2/b12-6-. The van der Waals surface area contributed by atoms with E-state index in [4.69, 9.17) is 21.1 Å². The fourth-order valence-corrected chi connectivity index (χ4v) is 2.75. The number of hydrogen-bond donors (Lipinski definition) is 1. The zero-order chi connectivity index (χ0) is 18.8. The van der Waals surface area contributed by atoms with Gasteiger partial charge in [0.2, 0.25) is 11.5 Å². The lowest BCUT2D eigenvalue weighted by Crippen LogP contribution is -2.00. The zero-order valence-corrected chi connectivity index (χ0v) is 14.6. The fourth-order valence-electron chi connectivity index (χ4n) is 2.57. The van der Waals surface area contributed by atoms with Gasteiger partial charge in [-0.15, -0.1) is 0 Å². The number of nitrogens with zero attached hydrogens (tertiary/aromatic N) is 4. The Morgan fingerprint density at radius 3 is 2.85 bits per heavy atom. The first-order valence-electron chi connectivity index (χ1n) is 7.97. The molecule has 8 nitrogen and oxygen atoms in total. The van der Waals surface area contributed by atoms with Crippen LogP contribution in [0.4, 0.5) is 0 Å². The van der Waals surface area contributed by atoms with Crippen molar-refractivity contribution in [1.82, 2.24) is 19.5 Å². The highest BCUT2D eigenvalue weighted by atomic mass is 35.5. The molecular weight excluding hydrogens is 372 g/mol. The van der Waals surface area contributed by atoms with Gasteiger partial charge in [0.25, 0.3) is 0 Å². The average Bonchev–Trinajstić information content (AvgIpc) is 3.21. The van der Waals surface area contributed by atoms with E-state index in [1.54, 1.807) is 17.0 Å². The van der Waals surface area contributed by atoms with Crippen molar-refractivity contribution in [2.45, 2.75) is 13.2 Å². The van der Waals surface area contributed by atoms with Gasteiger partial charge in [0, 0.05) is 6.54 Å². The molecule has 0 amide bonds. The molecule has 0 radical (unpaired) electrons. The summed E-state index contributed by atoms with van der Waals surface area (Å²) in [6.07, 6.45) is 4.48. The predicted octanol–water partition coefficient (Wildman–Crippen LogP) is 2.91. The summed E-state index contributed by atoms with van der Waals surface area (Å²) < 4.78 is 12.4. The number of rotatable bonds is 5. The molecule has 136 valence electrons. The molecule has 0 saturated heterocycles. The number of hydrogen-bond acceptors (Lipinski definition) is 7. The number of esters is 1. The Bertz CT molecular complexity index is 1080. The molecule has 0 aliphatic carbocycles. The summed E-state index contributed by atoms with van der Waals surface area (Å²) in [5.74, 6) is -1.28. The Labute approximate surface area is 158 Å². The van der Waals surface area contributed by atoms with Crippen LogP contribution in [0.5, 0.6) is 0 Å². The van der Waals surface area contributed by atoms with Crippen LogP contribution in [-0.2, 0) is 27.4 Å². The van der Waals surface area contributed by atoms with Crippen LogP contribution >= 0.6 is 11.6 Å². The third-order valence-corrected chi connectivity index (χ3v) is 4.17. The minimum atomic E-state index is -0.856. The maximum absolute atomic E-state index is 11.7. The highest BCUT2D eigenvalue weighted by Gasteiger charge is 2.31. The lowest BCUT2D eigenvalue weighted by molar-refractivity contribution is -0.135. The average molecular weight is 385 g/mol. The summed E-state index contributed by atoms with van der Waals surface area (Å²) >= 11 is 5.99. The summed E-state index contributed by atoms with van der Waals surface area (Å²) in [6, 6.07) is 9.38. The molecule has 3 aromatic rings. The topological polar surface area (TPSA) is 99.4 Å². The van der Waals surface area contributed by atoms with Gasteiger partial charge in [0.15, 0.2) is 16.6 Å². The smallest absolute Gasteiger partial charge is 0.383 e. The molecule has 0 unspecified atom stereocenters. The second kappa shape index (κ2) is 7.08. The van der Waals surface area contributed by atoms with Crippen LogP contribution in [-0.4, -0.2) is 30.6 Å². The lowest BCUT2D eigenvalue weighted by Gasteiger charge is -2.08. The van der Waals surface area contributed by atoms with Gasteiger partial charge in [-0.3, -0.25) is 0 Å². The van der Waals surface area contributed by atoms with Gasteiger partial charge in [-0.25, -0.2) is 19.7 Å². The maximum atomic E-state index is 11.7. The zero-order valence-electron chi connectivity index (χ0n) is 13.9. The van der Waals surface area contributed by atoms with E-state index in [1.807, 2.05) is 30.3 Å². The monoisotopic (exact) mass is 384 g/mol. The second-order valence-electron chi connectivity index (χ2n) is 5.64. The fraction of sp³-hybridized carbons (Fsp3) is 0.111. The highest BCUT2D eigenvalue weighted by Crippen LogP contribution is 2.27. The number of imidazole rings is 1. The van der Waals surface area contributed by atoms with Crippen LogP contribution in [0.2, 0.25) is 5.15 Å². The van der Waals surface area contributed by atoms with Crippen LogP contribution in [0.15, 0.2) is 66.3 Å². The number of carbonyl (C=O) groups is 1. The first-order valence-corrected chi connectivity index (χ1v) is 8.35. The molecule has 1 N–H and O–H groups in total. The number of benzene rings is 1. The molecule has 0 saturated carbocycles. The van der Waals surface area contributed by atoms with Crippen molar-refractivity contribution < 1.29 is 19.4 Å². The molecule has 4 rings (SSSR count). The summed E-state index contributed by atoms with van der Waals surface area (Å²) in [5.41, 5.74) is 1.90. The number of aliphatic hydroxyl groups is 1. The van der Waals surface area contributed by atoms with Crippen LogP contribution in [0.25, 0.3) is 11.2 Å². The number of aromatic nitrogens is 4. The largest absolute Gasteiger partial charge is 0.499 e. The van der Waals surface area contributed by atoms with Crippen molar-refractivity contribution >= 4 is 28.7 Å². The maximum Gasteiger partial charge on any atom is 0.383 e. The van der Waals surface area contributed by atoms with Crippen LogP contribution in [0.3, 0.4) is 0 Å². The lowest BCUT2D eigenvalue weighted by atomic mass is 10.2. The molecule has 3 heterocycles. The van der Waals surface area contributed by atoms with E-state index < -0.39 is 11.7 Å². The van der Waals surface area contributed by atoms with Crippen LogP contribution < -0.4 is 0 Å². The molecule has 1 aliphatic heterocycles. The van der Waals surface area contributed by atoms with Gasteiger partial charge in [0.05, 0.1) is 6.33 Å². The minimum Gasteiger partial charge on any atom is -0.499 e. The van der Waals surface area contributed by atoms with E-state index in [2.05, 4.69) is 15.0 Å².